The first-order valence-corrected chi connectivity index (χ1v) is 7.18. The van der Waals surface area contributed by atoms with E-state index in [1.807, 2.05) is 30.0 Å². The van der Waals surface area contributed by atoms with Crippen LogP contribution in [0.1, 0.15) is 31.4 Å². The van der Waals surface area contributed by atoms with Gasteiger partial charge in [-0.25, -0.2) is 4.98 Å². The van der Waals surface area contributed by atoms with Gasteiger partial charge in [-0.1, -0.05) is 12.1 Å². The Labute approximate surface area is 120 Å². The maximum Gasteiger partial charge on any atom is 0.222 e. The smallest absolute Gasteiger partial charge is 0.222 e. The number of ether oxygens (including phenoxy) is 1. The minimum absolute atomic E-state index is 0.160. The molecule has 0 N–H and O–H groups in total. The standard InChI is InChI=1S/C16H22N2O2/c1-3-4-8-16(19)18-11-9-14(10-12-18)20-15-7-5-6-13(2)17-15/h3,5-7,14H,1,4,8-12H2,2H3. The fourth-order valence-electron chi connectivity index (χ4n) is 2.36. The molecule has 1 fully saturated rings. The van der Waals surface area contributed by atoms with Gasteiger partial charge in [0, 0.05) is 44.1 Å². The summed E-state index contributed by atoms with van der Waals surface area (Å²) in [5.41, 5.74) is 0.958. The average molecular weight is 274 g/mol. The summed E-state index contributed by atoms with van der Waals surface area (Å²) in [5.74, 6) is 0.901. The van der Waals surface area contributed by atoms with Crippen molar-refractivity contribution in [1.29, 1.82) is 0 Å². The van der Waals surface area contributed by atoms with E-state index in [1.54, 1.807) is 6.08 Å². The lowest BCUT2D eigenvalue weighted by atomic mass is 10.1. The Hall–Kier alpha value is -1.84. The van der Waals surface area contributed by atoms with Crippen LogP contribution >= 0.6 is 0 Å². The van der Waals surface area contributed by atoms with E-state index in [1.165, 1.54) is 0 Å². The van der Waals surface area contributed by atoms with Crippen LogP contribution in [-0.4, -0.2) is 35.0 Å². The van der Waals surface area contributed by atoms with Crippen molar-refractivity contribution in [2.75, 3.05) is 13.1 Å². The lowest BCUT2D eigenvalue weighted by molar-refractivity contribution is -0.132. The molecule has 2 heterocycles. The van der Waals surface area contributed by atoms with E-state index in [-0.39, 0.29) is 12.0 Å². The number of aryl methyl sites for hydroxylation is 1. The van der Waals surface area contributed by atoms with Gasteiger partial charge in [-0.05, 0) is 19.4 Å². The Morgan fingerprint density at radius 1 is 1.50 bits per heavy atom. The summed E-state index contributed by atoms with van der Waals surface area (Å²) in [5, 5.41) is 0. The molecule has 4 heteroatoms. The van der Waals surface area contributed by atoms with E-state index in [2.05, 4.69) is 11.6 Å². The highest BCUT2D eigenvalue weighted by atomic mass is 16.5. The molecule has 0 bridgehead atoms. The lowest BCUT2D eigenvalue weighted by Crippen LogP contribution is -2.41. The second kappa shape index (κ2) is 7.08. The fourth-order valence-corrected chi connectivity index (χ4v) is 2.36. The second-order valence-electron chi connectivity index (χ2n) is 5.14. The molecule has 108 valence electrons. The van der Waals surface area contributed by atoms with Gasteiger partial charge in [-0.2, -0.15) is 0 Å². The molecule has 1 saturated heterocycles. The van der Waals surface area contributed by atoms with Crippen LogP contribution in [0, 0.1) is 6.92 Å². The first kappa shape index (κ1) is 14.6. The number of piperidine rings is 1. The molecule has 0 atom stereocenters. The normalized spacial score (nSPS) is 15.9. The second-order valence-corrected chi connectivity index (χ2v) is 5.14. The highest BCUT2D eigenvalue weighted by Gasteiger charge is 2.23. The van der Waals surface area contributed by atoms with E-state index in [0.29, 0.717) is 12.3 Å². The Kier molecular flexibility index (Phi) is 5.16. The van der Waals surface area contributed by atoms with E-state index < -0.39 is 0 Å². The topological polar surface area (TPSA) is 42.4 Å². The highest BCUT2D eigenvalue weighted by molar-refractivity contribution is 5.76. The van der Waals surface area contributed by atoms with Gasteiger partial charge < -0.3 is 9.64 Å². The number of pyridine rings is 1. The third-order valence-corrected chi connectivity index (χ3v) is 3.51. The lowest BCUT2D eigenvalue weighted by Gasteiger charge is -2.32. The number of nitrogens with zero attached hydrogens (tertiary/aromatic N) is 2. The van der Waals surface area contributed by atoms with E-state index in [9.17, 15) is 4.79 Å². The predicted molar refractivity (Wildman–Crippen MR) is 78.6 cm³/mol. The number of rotatable bonds is 5. The van der Waals surface area contributed by atoms with Crippen molar-refractivity contribution in [2.45, 2.75) is 38.7 Å². The summed E-state index contributed by atoms with van der Waals surface area (Å²) in [6.07, 6.45) is 5.01. The Morgan fingerprint density at radius 3 is 2.90 bits per heavy atom. The van der Waals surface area contributed by atoms with Gasteiger partial charge in [0.05, 0.1) is 0 Å². The van der Waals surface area contributed by atoms with Crippen LogP contribution < -0.4 is 4.74 Å². The van der Waals surface area contributed by atoms with Crippen LogP contribution in [0.4, 0.5) is 0 Å². The molecule has 1 amide bonds. The number of allylic oxidation sites excluding steroid dienone is 1. The van der Waals surface area contributed by atoms with Crippen molar-refractivity contribution in [3.05, 3.63) is 36.5 Å². The number of hydrogen-bond acceptors (Lipinski definition) is 3. The van der Waals surface area contributed by atoms with Crippen molar-refractivity contribution in [3.8, 4) is 5.88 Å². The summed E-state index contributed by atoms with van der Waals surface area (Å²) in [6.45, 7) is 7.14. The number of carbonyl (C=O) groups is 1. The molecule has 0 aromatic carbocycles. The SMILES string of the molecule is C=CCCC(=O)N1CCC(Oc2cccc(C)n2)CC1. The van der Waals surface area contributed by atoms with Crippen LogP contribution in [0.25, 0.3) is 0 Å². The molecular weight excluding hydrogens is 252 g/mol. The summed E-state index contributed by atoms with van der Waals surface area (Å²) in [4.78, 5) is 18.2. The minimum atomic E-state index is 0.160. The van der Waals surface area contributed by atoms with Gasteiger partial charge in [0.1, 0.15) is 6.10 Å². The maximum atomic E-state index is 11.9. The van der Waals surface area contributed by atoms with Crippen LogP contribution in [-0.2, 0) is 4.79 Å². The van der Waals surface area contributed by atoms with Crippen molar-refractivity contribution in [2.24, 2.45) is 0 Å². The maximum absolute atomic E-state index is 11.9. The zero-order chi connectivity index (χ0) is 14.4. The van der Waals surface area contributed by atoms with Crippen molar-refractivity contribution in [3.63, 3.8) is 0 Å². The molecule has 2 rings (SSSR count). The number of likely N-dealkylation sites (tertiary alicyclic amines) is 1. The molecule has 0 radical (unpaired) electrons. The molecule has 1 aromatic rings. The van der Waals surface area contributed by atoms with Gasteiger partial charge in [-0.15, -0.1) is 6.58 Å². The van der Waals surface area contributed by atoms with E-state index >= 15 is 0 Å². The molecule has 0 aliphatic carbocycles. The van der Waals surface area contributed by atoms with Gasteiger partial charge >= 0.3 is 0 Å². The molecule has 4 nitrogen and oxygen atoms in total. The summed E-state index contributed by atoms with van der Waals surface area (Å²) >= 11 is 0. The third-order valence-electron chi connectivity index (χ3n) is 3.51. The quantitative estimate of drug-likeness (QED) is 0.775. The van der Waals surface area contributed by atoms with E-state index in [4.69, 9.17) is 4.74 Å². The molecular formula is C16H22N2O2. The van der Waals surface area contributed by atoms with Gasteiger partial charge in [-0.3, -0.25) is 4.79 Å². The summed E-state index contributed by atoms with van der Waals surface area (Å²) < 4.78 is 5.88. The van der Waals surface area contributed by atoms with Crippen LogP contribution in [0.3, 0.4) is 0 Å². The Morgan fingerprint density at radius 2 is 2.25 bits per heavy atom. The molecule has 0 spiro atoms. The minimum Gasteiger partial charge on any atom is -0.474 e. The highest BCUT2D eigenvalue weighted by Crippen LogP contribution is 2.18. The van der Waals surface area contributed by atoms with E-state index in [0.717, 1.165) is 38.0 Å². The first-order chi connectivity index (χ1) is 9.69. The molecule has 1 aromatic heterocycles. The average Bonchev–Trinajstić information content (AvgIpc) is 2.45. The van der Waals surface area contributed by atoms with Crippen LogP contribution in [0.2, 0.25) is 0 Å². The number of amides is 1. The summed E-state index contributed by atoms with van der Waals surface area (Å²) in [6, 6.07) is 5.79. The van der Waals surface area contributed by atoms with Gasteiger partial charge in [0.25, 0.3) is 0 Å². The zero-order valence-electron chi connectivity index (χ0n) is 12.0. The number of aromatic nitrogens is 1. The van der Waals surface area contributed by atoms with Crippen LogP contribution in [0.5, 0.6) is 5.88 Å². The monoisotopic (exact) mass is 274 g/mol. The Bertz CT molecular complexity index is 465. The molecule has 20 heavy (non-hydrogen) atoms. The zero-order valence-corrected chi connectivity index (χ0v) is 12.0. The van der Waals surface area contributed by atoms with Gasteiger partial charge in [0.2, 0.25) is 11.8 Å². The third kappa shape index (κ3) is 4.08. The molecule has 0 unspecified atom stereocenters. The van der Waals surface area contributed by atoms with Crippen molar-refractivity contribution >= 4 is 5.91 Å². The Balaban J connectivity index is 1.79. The van der Waals surface area contributed by atoms with Gasteiger partial charge in [0.15, 0.2) is 0 Å². The first-order valence-electron chi connectivity index (χ1n) is 7.18. The summed E-state index contributed by atoms with van der Waals surface area (Å²) in [7, 11) is 0. The number of hydrogen-bond donors (Lipinski definition) is 0. The van der Waals surface area contributed by atoms with Crippen LogP contribution in [0.15, 0.2) is 30.9 Å². The number of carbonyl (C=O) groups excluding carboxylic acids is 1. The molecule has 1 aliphatic rings. The fraction of sp³-hybridized carbons (Fsp3) is 0.500. The molecule has 1 aliphatic heterocycles. The largest absolute Gasteiger partial charge is 0.474 e. The van der Waals surface area contributed by atoms with Crippen molar-refractivity contribution in [1.82, 2.24) is 9.88 Å². The molecule has 0 saturated carbocycles. The van der Waals surface area contributed by atoms with Crippen molar-refractivity contribution < 1.29 is 9.53 Å². The predicted octanol–water partition coefficient (Wildman–Crippen LogP) is 2.73.